The number of aryl methyl sites for hydroxylation is 1. The normalized spacial score (nSPS) is 22.5. The number of rotatable bonds is 4. The number of nitrogens with zero attached hydrogens (tertiary/aromatic N) is 2. The maximum absolute atomic E-state index is 4.28. The van der Waals surface area contributed by atoms with Crippen molar-refractivity contribution in [3.05, 3.63) is 16.1 Å². The number of nitrogens with one attached hydrogen (secondary N) is 1. The van der Waals surface area contributed by atoms with Gasteiger partial charge in [-0.2, -0.15) is 0 Å². The Morgan fingerprint density at radius 3 is 3.19 bits per heavy atom. The van der Waals surface area contributed by atoms with Crippen LogP contribution in [0.25, 0.3) is 0 Å². The number of aromatic nitrogens is 1. The van der Waals surface area contributed by atoms with E-state index in [9.17, 15) is 0 Å². The third-order valence-corrected chi connectivity index (χ3v) is 4.28. The zero-order valence-electron chi connectivity index (χ0n) is 10.2. The Bertz CT molecular complexity index is 324. The van der Waals surface area contributed by atoms with Gasteiger partial charge in [-0.1, -0.05) is 6.92 Å². The molecule has 0 radical (unpaired) electrons. The molecule has 1 aromatic rings. The van der Waals surface area contributed by atoms with E-state index in [1.165, 1.54) is 43.0 Å². The van der Waals surface area contributed by atoms with Gasteiger partial charge in [-0.05, 0) is 32.9 Å². The van der Waals surface area contributed by atoms with Crippen LogP contribution in [0, 0.1) is 6.92 Å². The van der Waals surface area contributed by atoms with Crippen LogP contribution < -0.4 is 5.32 Å². The van der Waals surface area contributed by atoms with Gasteiger partial charge in [-0.15, -0.1) is 11.3 Å². The predicted molar refractivity (Wildman–Crippen MR) is 68.8 cm³/mol. The average molecular weight is 239 g/mol. The fourth-order valence-electron chi connectivity index (χ4n) is 2.24. The minimum Gasteiger partial charge on any atom is -0.308 e. The first-order chi connectivity index (χ1) is 7.79. The zero-order chi connectivity index (χ0) is 11.4. The third kappa shape index (κ3) is 3.03. The SMILES string of the molecule is CCN1CCCC(NCc2scnc2C)C1. The van der Waals surface area contributed by atoms with Crippen molar-refractivity contribution in [1.29, 1.82) is 0 Å². The number of likely N-dealkylation sites (N-methyl/N-ethyl adjacent to an activating group) is 1. The van der Waals surface area contributed by atoms with Gasteiger partial charge in [0.1, 0.15) is 0 Å². The quantitative estimate of drug-likeness (QED) is 0.871. The van der Waals surface area contributed by atoms with E-state index in [1.807, 2.05) is 5.51 Å². The molecular weight excluding hydrogens is 218 g/mol. The van der Waals surface area contributed by atoms with Gasteiger partial charge in [0.2, 0.25) is 0 Å². The summed E-state index contributed by atoms with van der Waals surface area (Å²) in [5, 5.41) is 3.66. The summed E-state index contributed by atoms with van der Waals surface area (Å²) in [6.07, 6.45) is 2.64. The molecule has 1 saturated heterocycles. The van der Waals surface area contributed by atoms with Crippen molar-refractivity contribution in [2.45, 2.75) is 39.3 Å². The second kappa shape index (κ2) is 5.75. The monoisotopic (exact) mass is 239 g/mol. The highest BCUT2D eigenvalue weighted by atomic mass is 32.1. The van der Waals surface area contributed by atoms with Crippen LogP contribution in [0.15, 0.2) is 5.51 Å². The molecular formula is C12H21N3S. The summed E-state index contributed by atoms with van der Waals surface area (Å²) in [7, 11) is 0. The van der Waals surface area contributed by atoms with E-state index < -0.39 is 0 Å². The lowest BCUT2D eigenvalue weighted by molar-refractivity contribution is 0.198. The van der Waals surface area contributed by atoms with Crippen molar-refractivity contribution in [2.24, 2.45) is 0 Å². The molecule has 1 aliphatic rings. The fourth-order valence-corrected chi connectivity index (χ4v) is 2.97. The maximum Gasteiger partial charge on any atom is 0.0798 e. The summed E-state index contributed by atoms with van der Waals surface area (Å²) in [4.78, 5) is 8.19. The second-order valence-corrected chi connectivity index (χ2v) is 5.41. The van der Waals surface area contributed by atoms with Crippen LogP contribution in [-0.4, -0.2) is 35.6 Å². The van der Waals surface area contributed by atoms with Crippen molar-refractivity contribution in [3.63, 3.8) is 0 Å². The number of hydrogen-bond acceptors (Lipinski definition) is 4. The molecule has 0 aromatic carbocycles. The summed E-state index contributed by atoms with van der Waals surface area (Å²) in [5.41, 5.74) is 3.12. The standard InChI is InChI=1S/C12H21N3S/c1-3-15-6-4-5-11(8-15)13-7-12-10(2)14-9-16-12/h9,11,13H,3-8H2,1-2H3. The first-order valence-electron chi connectivity index (χ1n) is 6.14. The van der Waals surface area contributed by atoms with E-state index in [0.717, 1.165) is 6.54 Å². The molecule has 1 fully saturated rings. The summed E-state index contributed by atoms with van der Waals surface area (Å²) in [6.45, 7) is 8.97. The van der Waals surface area contributed by atoms with Gasteiger partial charge in [0.15, 0.2) is 0 Å². The molecule has 0 spiro atoms. The molecule has 1 unspecified atom stereocenters. The van der Waals surface area contributed by atoms with Gasteiger partial charge in [0, 0.05) is 24.0 Å². The minimum absolute atomic E-state index is 0.662. The molecule has 1 atom stereocenters. The van der Waals surface area contributed by atoms with Gasteiger partial charge >= 0.3 is 0 Å². The summed E-state index contributed by atoms with van der Waals surface area (Å²) < 4.78 is 0. The highest BCUT2D eigenvalue weighted by Crippen LogP contribution is 2.14. The van der Waals surface area contributed by atoms with Crippen LogP contribution in [0.5, 0.6) is 0 Å². The summed E-state index contributed by atoms with van der Waals surface area (Å²) >= 11 is 1.76. The first kappa shape index (κ1) is 12.0. The minimum atomic E-state index is 0.662. The summed E-state index contributed by atoms with van der Waals surface area (Å²) in [6, 6.07) is 0.662. The van der Waals surface area contributed by atoms with Crippen molar-refractivity contribution in [2.75, 3.05) is 19.6 Å². The number of likely N-dealkylation sites (tertiary alicyclic amines) is 1. The van der Waals surface area contributed by atoms with Crippen molar-refractivity contribution in [1.82, 2.24) is 15.2 Å². The molecule has 16 heavy (non-hydrogen) atoms. The lowest BCUT2D eigenvalue weighted by atomic mass is 10.1. The Kier molecular flexibility index (Phi) is 4.32. The van der Waals surface area contributed by atoms with Crippen LogP contribution in [0.2, 0.25) is 0 Å². The summed E-state index contributed by atoms with van der Waals surface area (Å²) in [5.74, 6) is 0. The van der Waals surface area contributed by atoms with E-state index in [1.54, 1.807) is 11.3 Å². The van der Waals surface area contributed by atoms with Gasteiger partial charge < -0.3 is 10.2 Å². The van der Waals surface area contributed by atoms with E-state index in [2.05, 4.69) is 29.0 Å². The van der Waals surface area contributed by atoms with Gasteiger partial charge in [-0.25, -0.2) is 4.98 Å². The van der Waals surface area contributed by atoms with Gasteiger partial charge in [-0.3, -0.25) is 0 Å². The Morgan fingerprint density at radius 2 is 2.50 bits per heavy atom. The van der Waals surface area contributed by atoms with Crippen molar-refractivity contribution >= 4 is 11.3 Å². The van der Waals surface area contributed by atoms with Crippen LogP contribution >= 0.6 is 11.3 Å². The first-order valence-corrected chi connectivity index (χ1v) is 7.02. The number of hydrogen-bond donors (Lipinski definition) is 1. The molecule has 1 aliphatic heterocycles. The molecule has 0 aliphatic carbocycles. The zero-order valence-corrected chi connectivity index (χ0v) is 11.0. The van der Waals surface area contributed by atoms with Gasteiger partial charge in [0.25, 0.3) is 0 Å². The molecule has 1 aromatic heterocycles. The Hall–Kier alpha value is -0.450. The molecule has 3 nitrogen and oxygen atoms in total. The lowest BCUT2D eigenvalue weighted by Crippen LogP contribution is -2.45. The van der Waals surface area contributed by atoms with E-state index >= 15 is 0 Å². The highest BCUT2D eigenvalue weighted by Gasteiger charge is 2.18. The molecule has 4 heteroatoms. The van der Waals surface area contributed by atoms with Gasteiger partial charge in [0.05, 0.1) is 11.2 Å². The largest absolute Gasteiger partial charge is 0.308 e. The molecule has 1 N–H and O–H groups in total. The Morgan fingerprint density at radius 1 is 1.62 bits per heavy atom. The van der Waals surface area contributed by atoms with Crippen LogP contribution in [-0.2, 0) is 6.54 Å². The van der Waals surface area contributed by atoms with Crippen LogP contribution in [0.3, 0.4) is 0 Å². The Labute approximate surface area is 102 Å². The lowest BCUT2D eigenvalue weighted by Gasteiger charge is -2.32. The number of thiazole rings is 1. The van der Waals surface area contributed by atoms with E-state index in [-0.39, 0.29) is 0 Å². The Balaban J connectivity index is 1.79. The van der Waals surface area contributed by atoms with Crippen LogP contribution in [0.1, 0.15) is 30.3 Å². The average Bonchev–Trinajstić information content (AvgIpc) is 2.72. The molecule has 2 rings (SSSR count). The van der Waals surface area contributed by atoms with Crippen molar-refractivity contribution in [3.8, 4) is 0 Å². The third-order valence-electron chi connectivity index (χ3n) is 3.35. The molecule has 0 saturated carbocycles. The maximum atomic E-state index is 4.28. The topological polar surface area (TPSA) is 28.2 Å². The molecule has 90 valence electrons. The smallest absolute Gasteiger partial charge is 0.0798 e. The fraction of sp³-hybridized carbons (Fsp3) is 0.750. The molecule has 0 bridgehead atoms. The van der Waals surface area contributed by atoms with Crippen LogP contribution in [0.4, 0.5) is 0 Å². The molecule has 2 heterocycles. The van der Waals surface area contributed by atoms with Crippen molar-refractivity contribution < 1.29 is 0 Å². The highest BCUT2D eigenvalue weighted by molar-refractivity contribution is 7.09. The number of piperidine rings is 1. The van der Waals surface area contributed by atoms with E-state index in [4.69, 9.17) is 0 Å². The molecule has 0 amide bonds. The predicted octanol–water partition coefficient (Wildman–Crippen LogP) is 2.03. The van der Waals surface area contributed by atoms with E-state index in [0.29, 0.717) is 6.04 Å². The second-order valence-electron chi connectivity index (χ2n) is 4.47.